The Hall–Kier alpha value is -1.39. The van der Waals surface area contributed by atoms with Gasteiger partial charge in [0, 0.05) is 10.4 Å². The lowest BCUT2D eigenvalue weighted by Gasteiger charge is -2.38. The molecule has 1 aliphatic carbocycles. The summed E-state index contributed by atoms with van der Waals surface area (Å²) in [5.74, 6) is 0.536. The van der Waals surface area contributed by atoms with Gasteiger partial charge in [0.15, 0.2) is 0 Å². The van der Waals surface area contributed by atoms with Crippen molar-refractivity contribution in [1.82, 2.24) is 14.8 Å². The molecule has 0 radical (unpaired) electrons. The summed E-state index contributed by atoms with van der Waals surface area (Å²) >= 11 is 5.99. The molecule has 24 heavy (non-hydrogen) atoms. The summed E-state index contributed by atoms with van der Waals surface area (Å²) < 4.78 is 1.89. The Balaban J connectivity index is 1.81. The average Bonchev–Trinajstić information content (AvgIpc) is 3.19. The Morgan fingerprint density at radius 1 is 1.29 bits per heavy atom. The van der Waals surface area contributed by atoms with E-state index in [1.54, 1.807) is 12.7 Å². The minimum absolute atomic E-state index is 0.122. The standard InChI is InChI=1S/C19H26ClN3O/c1-2-3-16-6-9-18(24)19(16,12-23-14-21-13-22-23)11-10-15-4-7-17(20)8-5-15/h4-5,7-8,13-14,16,18,24H,2-3,6,9-12H2,1H3. The lowest BCUT2D eigenvalue weighted by atomic mass is 9.70. The largest absolute Gasteiger partial charge is 0.392 e. The van der Waals surface area contributed by atoms with Crippen molar-refractivity contribution >= 4 is 11.6 Å². The lowest BCUT2D eigenvalue weighted by Crippen LogP contribution is -2.40. The van der Waals surface area contributed by atoms with Crippen LogP contribution in [0.4, 0.5) is 0 Å². The Morgan fingerprint density at radius 3 is 2.75 bits per heavy atom. The third-order valence-electron chi connectivity index (χ3n) is 5.62. The molecule has 1 aromatic heterocycles. The van der Waals surface area contributed by atoms with E-state index in [9.17, 15) is 5.11 Å². The zero-order chi connectivity index (χ0) is 17.0. The molecule has 3 atom stereocenters. The zero-order valence-electron chi connectivity index (χ0n) is 14.2. The molecule has 2 aromatic rings. The number of rotatable bonds is 7. The van der Waals surface area contributed by atoms with Crippen LogP contribution in [0, 0.1) is 11.3 Å². The molecule has 0 amide bonds. The monoisotopic (exact) mass is 347 g/mol. The molecule has 1 aliphatic rings. The highest BCUT2D eigenvalue weighted by molar-refractivity contribution is 6.30. The fraction of sp³-hybridized carbons (Fsp3) is 0.579. The average molecular weight is 348 g/mol. The van der Waals surface area contributed by atoms with Crippen molar-refractivity contribution in [3.05, 3.63) is 47.5 Å². The van der Waals surface area contributed by atoms with Crippen LogP contribution >= 0.6 is 11.6 Å². The summed E-state index contributed by atoms with van der Waals surface area (Å²) in [7, 11) is 0. The van der Waals surface area contributed by atoms with Crippen LogP contribution < -0.4 is 0 Å². The number of benzene rings is 1. The first-order valence-corrected chi connectivity index (χ1v) is 9.27. The summed E-state index contributed by atoms with van der Waals surface area (Å²) in [4.78, 5) is 4.07. The summed E-state index contributed by atoms with van der Waals surface area (Å²) in [5.41, 5.74) is 1.15. The quantitative estimate of drug-likeness (QED) is 0.819. The van der Waals surface area contributed by atoms with Crippen LogP contribution in [0.25, 0.3) is 0 Å². The molecule has 130 valence electrons. The molecule has 5 heteroatoms. The van der Waals surface area contributed by atoms with Gasteiger partial charge in [0.05, 0.1) is 12.6 Å². The van der Waals surface area contributed by atoms with Gasteiger partial charge in [-0.15, -0.1) is 0 Å². The van der Waals surface area contributed by atoms with E-state index < -0.39 is 0 Å². The molecular weight excluding hydrogens is 322 g/mol. The zero-order valence-corrected chi connectivity index (χ0v) is 15.0. The van der Waals surface area contributed by atoms with E-state index in [0.29, 0.717) is 5.92 Å². The molecule has 0 aliphatic heterocycles. The van der Waals surface area contributed by atoms with Gasteiger partial charge >= 0.3 is 0 Å². The van der Waals surface area contributed by atoms with Crippen molar-refractivity contribution < 1.29 is 5.11 Å². The van der Waals surface area contributed by atoms with Crippen molar-refractivity contribution in [2.24, 2.45) is 11.3 Å². The second-order valence-corrected chi connectivity index (χ2v) is 7.47. The van der Waals surface area contributed by atoms with Crippen LogP contribution in [0.5, 0.6) is 0 Å². The van der Waals surface area contributed by atoms with Crippen LogP contribution in [-0.2, 0) is 13.0 Å². The fourth-order valence-electron chi connectivity index (χ4n) is 4.31. The summed E-state index contributed by atoms with van der Waals surface area (Å²) in [6.07, 6.45) is 9.27. The number of aliphatic hydroxyl groups is 1. The van der Waals surface area contributed by atoms with E-state index >= 15 is 0 Å². The molecular formula is C19H26ClN3O. The van der Waals surface area contributed by atoms with Gasteiger partial charge in [0.25, 0.3) is 0 Å². The highest BCUT2D eigenvalue weighted by Crippen LogP contribution is 2.50. The first kappa shape index (κ1) is 17.4. The van der Waals surface area contributed by atoms with Crippen molar-refractivity contribution in [1.29, 1.82) is 0 Å². The predicted molar refractivity (Wildman–Crippen MR) is 95.9 cm³/mol. The molecule has 0 spiro atoms. The lowest BCUT2D eigenvalue weighted by molar-refractivity contribution is -0.00250. The highest BCUT2D eigenvalue weighted by atomic mass is 35.5. The van der Waals surface area contributed by atoms with Gasteiger partial charge in [-0.3, -0.25) is 4.68 Å². The van der Waals surface area contributed by atoms with Crippen LogP contribution in [0.15, 0.2) is 36.9 Å². The Morgan fingerprint density at radius 2 is 2.08 bits per heavy atom. The van der Waals surface area contributed by atoms with Crippen molar-refractivity contribution in [2.45, 2.75) is 58.1 Å². The number of aryl methyl sites for hydroxylation is 1. The molecule has 1 fully saturated rings. The molecule has 3 rings (SSSR count). The van der Waals surface area contributed by atoms with Crippen molar-refractivity contribution in [3.8, 4) is 0 Å². The molecule has 1 heterocycles. The van der Waals surface area contributed by atoms with Crippen LogP contribution in [-0.4, -0.2) is 26.0 Å². The fourth-order valence-corrected chi connectivity index (χ4v) is 4.44. The second-order valence-electron chi connectivity index (χ2n) is 7.03. The Kier molecular flexibility index (Phi) is 5.57. The van der Waals surface area contributed by atoms with Gasteiger partial charge in [0.1, 0.15) is 12.7 Å². The Bertz CT molecular complexity index is 627. The van der Waals surface area contributed by atoms with Crippen molar-refractivity contribution in [3.63, 3.8) is 0 Å². The summed E-state index contributed by atoms with van der Waals surface area (Å²) in [6.45, 7) is 2.97. The Labute approximate surface area is 148 Å². The topological polar surface area (TPSA) is 50.9 Å². The minimum atomic E-state index is -0.273. The predicted octanol–water partition coefficient (Wildman–Crippen LogP) is 4.12. The molecule has 1 aromatic carbocycles. The summed E-state index contributed by atoms with van der Waals surface area (Å²) in [5, 5.41) is 15.9. The van der Waals surface area contributed by atoms with Gasteiger partial charge in [0.2, 0.25) is 0 Å². The number of aromatic nitrogens is 3. The van der Waals surface area contributed by atoms with E-state index in [4.69, 9.17) is 11.6 Å². The first-order chi connectivity index (χ1) is 11.6. The first-order valence-electron chi connectivity index (χ1n) is 8.89. The van der Waals surface area contributed by atoms with Gasteiger partial charge in [-0.2, -0.15) is 5.10 Å². The van der Waals surface area contributed by atoms with E-state index in [-0.39, 0.29) is 11.5 Å². The van der Waals surface area contributed by atoms with Gasteiger partial charge in [-0.05, 0) is 49.3 Å². The van der Waals surface area contributed by atoms with Crippen LogP contribution in [0.2, 0.25) is 5.02 Å². The van der Waals surface area contributed by atoms with Gasteiger partial charge in [-0.25, -0.2) is 4.98 Å². The van der Waals surface area contributed by atoms with Crippen LogP contribution in [0.1, 0.15) is 44.6 Å². The maximum atomic E-state index is 10.9. The normalized spacial score (nSPS) is 26.8. The number of halogens is 1. The molecule has 1 N–H and O–H groups in total. The SMILES string of the molecule is CCCC1CCC(O)C1(CCc1ccc(Cl)cc1)Cn1cncn1. The smallest absolute Gasteiger partial charge is 0.137 e. The van der Waals surface area contributed by atoms with Gasteiger partial charge < -0.3 is 5.11 Å². The van der Waals surface area contributed by atoms with E-state index in [2.05, 4.69) is 29.1 Å². The number of aliphatic hydroxyl groups excluding tert-OH is 1. The molecule has 0 saturated heterocycles. The van der Waals surface area contributed by atoms with E-state index in [1.165, 1.54) is 5.56 Å². The highest BCUT2D eigenvalue weighted by Gasteiger charge is 2.48. The second kappa shape index (κ2) is 7.66. The third-order valence-corrected chi connectivity index (χ3v) is 5.87. The summed E-state index contributed by atoms with van der Waals surface area (Å²) in [6, 6.07) is 8.05. The van der Waals surface area contributed by atoms with Gasteiger partial charge in [-0.1, -0.05) is 43.5 Å². The molecule has 3 unspecified atom stereocenters. The van der Waals surface area contributed by atoms with Crippen molar-refractivity contribution in [2.75, 3.05) is 0 Å². The maximum Gasteiger partial charge on any atom is 0.137 e. The number of hydrogen-bond donors (Lipinski definition) is 1. The number of hydrogen-bond acceptors (Lipinski definition) is 3. The molecule has 0 bridgehead atoms. The van der Waals surface area contributed by atoms with E-state index in [1.807, 2.05) is 16.8 Å². The minimum Gasteiger partial charge on any atom is -0.392 e. The number of nitrogens with zero attached hydrogens (tertiary/aromatic N) is 3. The molecule has 1 saturated carbocycles. The van der Waals surface area contributed by atoms with E-state index in [0.717, 1.165) is 50.1 Å². The van der Waals surface area contributed by atoms with Crippen LogP contribution in [0.3, 0.4) is 0 Å². The third kappa shape index (κ3) is 3.65. The maximum absolute atomic E-state index is 10.9. The molecule has 4 nitrogen and oxygen atoms in total.